The number of nitro groups is 1. The number of rotatable bonds is 11. The summed E-state index contributed by atoms with van der Waals surface area (Å²) in [6.07, 6.45) is 4.52. The molecule has 0 aliphatic rings. The van der Waals surface area contributed by atoms with Gasteiger partial charge >= 0.3 is 0 Å². The van der Waals surface area contributed by atoms with Gasteiger partial charge < -0.3 is 0 Å². The molecule has 0 amide bonds. The van der Waals surface area contributed by atoms with Crippen LogP contribution in [0.1, 0.15) is 50.7 Å². The summed E-state index contributed by atoms with van der Waals surface area (Å²) in [6, 6.07) is 12.0. The molecule has 7 nitrogen and oxygen atoms in total. The monoisotopic (exact) mass is 471 g/mol. The zero-order chi connectivity index (χ0) is 21.9. The summed E-state index contributed by atoms with van der Waals surface area (Å²) in [4.78, 5) is 12.8. The smallest absolute Gasteiger partial charge is 0.271 e. The maximum Gasteiger partial charge on any atom is 0.271 e. The summed E-state index contributed by atoms with van der Waals surface area (Å²) in [5.74, 6) is 0. The van der Waals surface area contributed by atoms with E-state index in [-0.39, 0.29) is 5.69 Å². The van der Waals surface area contributed by atoms with Crippen molar-refractivity contribution in [1.82, 2.24) is 4.90 Å². The third-order valence-corrected chi connectivity index (χ3v) is 5.49. The van der Waals surface area contributed by atoms with Crippen LogP contribution in [0, 0.1) is 21.4 Å². The van der Waals surface area contributed by atoms with E-state index in [1.54, 1.807) is 12.1 Å². The second-order valence-electron chi connectivity index (χ2n) is 7.00. The molecule has 0 fully saturated rings. The van der Waals surface area contributed by atoms with Gasteiger partial charge in [0.05, 0.1) is 20.6 Å². The number of non-ortho nitro benzene ring substituents is 1. The minimum atomic E-state index is -0.472. The van der Waals surface area contributed by atoms with Crippen LogP contribution in [0.3, 0.4) is 0 Å². The fraction of sp³-hybridized carbons (Fsp3) is 0.409. The lowest BCUT2D eigenvalue weighted by molar-refractivity contribution is -0.384. The van der Waals surface area contributed by atoms with E-state index < -0.39 is 4.92 Å². The van der Waals surface area contributed by atoms with Gasteiger partial charge in [0.1, 0.15) is 11.8 Å². The Bertz CT molecular complexity index is 932. The highest BCUT2D eigenvalue weighted by atomic mass is 79.9. The molecule has 0 aromatic heterocycles. The number of benzene rings is 2. The molecule has 30 heavy (non-hydrogen) atoms. The summed E-state index contributed by atoms with van der Waals surface area (Å²) in [7, 11) is 0. The van der Waals surface area contributed by atoms with E-state index in [0.29, 0.717) is 28.0 Å². The van der Waals surface area contributed by atoms with Crippen molar-refractivity contribution in [3.8, 4) is 6.07 Å². The number of hydrogen-bond donors (Lipinski definition) is 0. The number of nitro benzene ring substituents is 1. The standard InChI is InChI=1S/C22H26BrN5O2/c1-3-5-12-27(13-6-4-2)16-17-10-11-21(22(23)20(17)15-24)26-25-18-8-7-9-19(14-18)28(29)30/h7-11,14H,3-6,12-13,16H2,1-2H3. The molecule has 0 spiro atoms. The van der Waals surface area contributed by atoms with Crippen LogP contribution < -0.4 is 0 Å². The van der Waals surface area contributed by atoms with Gasteiger partial charge in [0.25, 0.3) is 5.69 Å². The average Bonchev–Trinajstić information content (AvgIpc) is 2.75. The van der Waals surface area contributed by atoms with E-state index in [4.69, 9.17) is 0 Å². The first kappa shape index (κ1) is 23.6. The number of halogens is 1. The molecule has 0 heterocycles. The molecular formula is C22H26BrN5O2. The summed E-state index contributed by atoms with van der Waals surface area (Å²) in [5.41, 5.74) is 2.34. The van der Waals surface area contributed by atoms with Gasteiger partial charge in [-0.15, -0.1) is 5.11 Å². The van der Waals surface area contributed by atoms with Crippen LogP contribution in [-0.4, -0.2) is 22.9 Å². The highest BCUT2D eigenvalue weighted by molar-refractivity contribution is 9.10. The van der Waals surface area contributed by atoms with Gasteiger partial charge in [-0.3, -0.25) is 15.0 Å². The number of hydrogen-bond acceptors (Lipinski definition) is 6. The number of nitrogens with zero attached hydrogens (tertiary/aromatic N) is 5. The SMILES string of the molecule is CCCCN(CCCC)Cc1ccc(N=Nc2cccc([N+](=O)[O-])c2)c(Br)c1C#N. The summed E-state index contributed by atoms with van der Waals surface area (Å²) in [5, 5.41) is 28.9. The molecule has 0 aliphatic heterocycles. The Morgan fingerprint density at radius 2 is 1.83 bits per heavy atom. The molecule has 0 saturated carbocycles. The van der Waals surface area contributed by atoms with Crippen LogP contribution in [0.25, 0.3) is 0 Å². The molecule has 0 aliphatic carbocycles. The second kappa shape index (κ2) is 12.2. The van der Waals surface area contributed by atoms with Crippen LogP contribution >= 0.6 is 15.9 Å². The van der Waals surface area contributed by atoms with E-state index >= 15 is 0 Å². The molecule has 2 aromatic carbocycles. The molecule has 158 valence electrons. The maximum atomic E-state index is 10.9. The predicted molar refractivity (Wildman–Crippen MR) is 121 cm³/mol. The first-order chi connectivity index (χ1) is 14.5. The molecule has 2 rings (SSSR count). The van der Waals surface area contributed by atoms with Gasteiger partial charge in [0.2, 0.25) is 0 Å². The third kappa shape index (κ3) is 6.71. The lowest BCUT2D eigenvalue weighted by Gasteiger charge is -2.23. The summed E-state index contributed by atoms with van der Waals surface area (Å²) in [6.45, 7) is 7.08. The van der Waals surface area contributed by atoms with Crippen molar-refractivity contribution in [2.75, 3.05) is 13.1 Å². The lowest BCUT2D eigenvalue weighted by Crippen LogP contribution is -2.26. The van der Waals surface area contributed by atoms with Crippen LogP contribution in [0.4, 0.5) is 17.1 Å². The van der Waals surface area contributed by atoms with Gasteiger partial charge in [0, 0.05) is 18.7 Å². The van der Waals surface area contributed by atoms with Gasteiger partial charge in [0.15, 0.2) is 0 Å². The van der Waals surface area contributed by atoms with Crippen LogP contribution in [0.2, 0.25) is 0 Å². The minimum absolute atomic E-state index is 0.0437. The molecule has 0 bridgehead atoms. The minimum Gasteiger partial charge on any atom is -0.299 e. The molecule has 0 N–H and O–H groups in total. The molecular weight excluding hydrogens is 446 g/mol. The zero-order valence-electron chi connectivity index (χ0n) is 17.3. The topological polar surface area (TPSA) is 94.9 Å². The first-order valence-corrected chi connectivity index (χ1v) is 10.9. The average molecular weight is 472 g/mol. The van der Waals surface area contributed by atoms with E-state index in [9.17, 15) is 15.4 Å². The van der Waals surface area contributed by atoms with E-state index in [0.717, 1.165) is 44.3 Å². The number of azo groups is 1. The molecule has 0 radical (unpaired) electrons. The van der Waals surface area contributed by atoms with Crippen molar-refractivity contribution in [2.45, 2.75) is 46.1 Å². The van der Waals surface area contributed by atoms with Crippen LogP contribution in [0.15, 0.2) is 51.1 Å². The predicted octanol–water partition coefficient (Wildman–Crippen LogP) is 7.05. The highest BCUT2D eigenvalue weighted by Gasteiger charge is 2.14. The number of unbranched alkanes of at least 4 members (excludes halogenated alkanes) is 2. The fourth-order valence-electron chi connectivity index (χ4n) is 2.99. The summed E-state index contributed by atoms with van der Waals surface area (Å²) >= 11 is 3.50. The zero-order valence-corrected chi connectivity index (χ0v) is 18.9. The van der Waals surface area contributed by atoms with Gasteiger partial charge in [-0.1, -0.05) is 38.8 Å². The Balaban J connectivity index is 2.25. The molecule has 8 heteroatoms. The Hall–Kier alpha value is -2.63. The van der Waals surface area contributed by atoms with Crippen molar-refractivity contribution in [3.05, 3.63) is 62.1 Å². The molecule has 2 aromatic rings. The number of nitriles is 1. The first-order valence-electron chi connectivity index (χ1n) is 10.1. The molecule has 0 unspecified atom stereocenters. The van der Waals surface area contributed by atoms with Crippen LogP contribution in [-0.2, 0) is 6.54 Å². The molecule has 0 atom stereocenters. The van der Waals surface area contributed by atoms with Gasteiger partial charge in [-0.05, 0) is 59.6 Å². The second-order valence-corrected chi connectivity index (χ2v) is 7.80. The van der Waals surface area contributed by atoms with Crippen molar-refractivity contribution in [2.24, 2.45) is 10.2 Å². The Morgan fingerprint density at radius 1 is 1.13 bits per heavy atom. The van der Waals surface area contributed by atoms with Crippen LogP contribution in [0.5, 0.6) is 0 Å². The lowest BCUT2D eigenvalue weighted by atomic mass is 10.1. The Morgan fingerprint density at radius 3 is 2.43 bits per heavy atom. The van der Waals surface area contributed by atoms with Gasteiger partial charge in [-0.2, -0.15) is 10.4 Å². The Kier molecular flexibility index (Phi) is 9.58. The quantitative estimate of drug-likeness (QED) is 0.199. The van der Waals surface area contributed by atoms with E-state index in [2.05, 4.69) is 51.0 Å². The third-order valence-electron chi connectivity index (χ3n) is 4.68. The van der Waals surface area contributed by atoms with Gasteiger partial charge in [-0.25, -0.2) is 0 Å². The Labute approximate surface area is 185 Å². The van der Waals surface area contributed by atoms with E-state index in [1.165, 1.54) is 12.1 Å². The normalized spacial score (nSPS) is 11.2. The van der Waals surface area contributed by atoms with Crippen molar-refractivity contribution in [3.63, 3.8) is 0 Å². The largest absolute Gasteiger partial charge is 0.299 e. The fourth-order valence-corrected chi connectivity index (χ4v) is 3.54. The summed E-state index contributed by atoms with van der Waals surface area (Å²) < 4.78 is 0.586. The van der Waals surface area contributed by atoms with Crippen molar-refractivity contribution >= 4 is 33.0 Å². The highest BCUT2D eigenvalue weighted by Crippen LogP contribution is 2.33. The molecule has 0 saturated heterocycles. The maximum absolute atomic E-state index is 10.9. The van der Waals surface area contributed by atoms with E-state index in [1.807, 2.05) is 12.1 Å². The van der Waals surface area contributed by atoms with Crippen molar-refractivity contribution in [1.29, 1.82) is 5.26 Å². The van der Waals surface area contributed by atoms with Crippen molar-refractivity contribution < 1.29 is 4.92 Å².